The molecule has 34 heavy (non-hydrogen) atoms. The van der Waals surface area contributed by atoms with Crippen molar-refractivity contribution >= 4 is 17.6 Å². The van der Waals surface area contributed by atoms with Crippen LogP contribution in [0.4, 0.5) is 5.69 Å². The number of carbonyl (C=O) groups is 2. The van der Waals surface area contributed by atoms with Crippen LogP contribution in [0.5, 0.6) is 0 Å². The van der Waals surface area contributed by atoms with Gasteiger partial charge < -0.3 is 19.9 Å². The lowest BCUT2D eigenvalue weighted by atomic mass is 9.99. The van der Waals surface area contributed by atoms with Crippen LogP contribution in [0, 0.1) is 12.8 Å². The van der Waals surface area contributed by atoms with Crippen LogP contribution in [0.25, 0.3) is 0 Å². The number of pyridine rings is 2. The lowest BCUT2D eigenvalue weighted by molar-refractivity contribution is -0.138. The summed E-state index contributed by atoms with van der Waals surface area (Å²) < 4.78 is 1.43. The molecule has 3 heterocycles. The van der Waals surface area contributed by atoms with E-state index in [0.717, 1.165) is 30.6 Å². The van der Waals surface area contributed by atoms with Gasteiger partial charge in [-0.05, 0) is 68.7 Å². The fourth-order valence-electron chi connectivity index (χ4n) is 4.61. The molecular formula is C26H36N4O4. The molecule has 184 valence electrons. The van der Waals surface area contributed by atoms with Crippen molar-refractivity contribution in [2.24, 2.45) is 5.92 Å². The van der Waals surface area contributed by atoms with E-state index in [1.807, 2.05) is 26.8 Å². The van der Waals surface area contributed by atoms with Gasteiger partial charge in [0.05, 0.1) is 24.3 Å². The van der Waals surface area contributed by atoms with Crippen LogP contribution in [0.15, 0.2) is 41.6 Å². The fourth-order valence-corrected chi connectivity index (χ4v) is 4.61. The average molecular weight is 469 g/mol. The van der Waals surface area contributed by atoms with Crippen LogP contribution in [-0.2, 0) is 9.59 Å². The highest BCUT2D eigenvalue weighted by atomic mass is 16.4. The fraction of sp³-hybridized carbons (Fsp3) is 0.538. The predicted molar refractivity (Wildman–Crippen MR) is 132 cm³/mol. The first-order valence-electron chi connectivity index (χ1n) is 12.1. The van der Waals surface area contributed by atoms with Gasteiger partial charge in [-0.15, -0.1) is 0 Å². The summed E-state index contributed by atoms with van der Waals surface area (Å²) in [6.07, 6.45) is 8.62. The van der Waals surface area contributed by atoms with Crippen LogP contribution in [0.2, 0.25) is 0 Å². The molecule has 0 spiro atoms. The van der Waals surface area contributed by atoms with Crippen molar-refractivity contribution < 1.29 is 14.7 Å². The summed E-state index contributed by atoms with van der Waals surface area (Å²) in [4.78, 5) is 44.4. The van der Waals surface area contributed by atoms with Gasteiger partial charge in [-0.2, -0.15) is 0 Å². The molecule has 1 saturated heterocycles. The molecule has 2 unspecified atom stereocenters. The van der Waals surface area contributed by atoms with Gasteiger partial charge in [-0.25, -0.2) is 0 Å². The van der Waals surface area contributed by atoms with E-state index in [1.54, 1.807) is 24.7 Å². The Kier molecular flexibility index (Phi) is 8.47. The molecular weight excluding hydrogens is 432 g/mol. The van der Waals surface area contributed by atoms with Crippen molar-refractivity contribution in [1.82, 2.24) is 14.9 Å². The number of carboxylic acids is 1. The second-order valence-corrected chi connectivity index (χ2v) is 9.77. The van der Waals surface area contributed by atoms with Gasteiger partial charge in [-0.1, -0.05) is 13.8 Å². The monoisotopic (exact) mass is 468 g/mol. The normalized spacial score (nSPS) is 17.9. The number of carbonyl (C=O) groups excluding carboxylic acids is 1. The van der Waals surface area contributed by atoms with Gasteiger partial charge in [0.25, 0.3) is 5.56 Å². The molecule has 2 N–H and O–H groups in total. The SMILES string of the molecule is Cc1ccn(C(CC(C)C)C(=O)N[C@H](CC(=O)O)c2cncc(N3CCCCC3C)c2)c(=O)c1. The first kappa shape index (κ1) is 25.5. The van der Waals surface area contributed by atoms with Crippen molar-refractivity contribution in [3.8, 4) is 0 Å². The molecule has 3 atom stereocenters. The Balaban J connectivity index is 1.90. The van der Waals surface area contributed by atoms with E-state index in [2.05, 4.69) is 22.1 Å². The highest BCUT2D eigenvalue weighted by Gasteiger charge is 2.28. The molecule has 3 rings (SSSR count). The van der Waals surface area contributed by atoms with Crippen LogP contribution in [-0.4, -0.2) is 39.1 Å². The molecule has 1 aliphatic rings. The molecule has 0 saturated carbocycles. The zero-order valence-corrected chi connectivity index (χ0v) is 20.5. The molecule has 1 aliphatic heterocycles. The lowest BCUT2D eigenvalue weighted by Crippen LogP contribution is -2.40. The van der Waals surface area contributed by atoms with Gasteiger partial charge in [0.15, 0.2) is 0 Å². The van der Waals surface area contributed by atoms with Crippen molar-refractivity contribution in [2.75, 3.05) is 11.4 Å². The molecule has 2 aromatic rings. The van der Waals surface area contributed by atoms with E-state index in [1.165, 1.54) is 17.1 Å². The highest BCUT2D eigenvalue weighted by Crippen LogP contribution is 2.28. The summed E-state index contributed by atoms with van der Waals surface area (Å²) in [6, 6.07) is 4.11. The third-order valence-corrected chi connectivity index (χ3v) is 6.41. The van der Waals surface area contributed by atoms with E-state index < -0.39 is 18.1 Å². The summed E-state index contributed by atoms with van der Waals surface area (Å²) >= 11 is 0. The predicted octanol–water partition coefficient (Wildman–Crippen LogP) is 3.85. The molecule has 2 aromatic heterocycles. The summed E-state index contributed by atoms with van der Waals surface area (Å²) in [5.41, 5.74) is 2.15. The van der Waals surface area contributed by atoms with Crippen molar-refractivity contribution in [1.29, 1.82) is 0 Å². The van der Waals surface area contributed by atoms with Crippen LogP contribution in [0.1, 0.15) is 76.1 Å². The number of aryl methyl sites for hydroxylation is 1. The number of piperidine rings is 1. The Morgan fingerprint density at radius 3 is 2.65 bits per heavy atom. The molecule has 0 aromatic carbocycles. The summed E-state index contributed by atoms with van der Waals surface area (Å²) in [5, 5.41) is 12.5. The molecule has 0 bridgehead atoms. The standard InChI is InChI=1S/C26H36N4O4/c1-17(2)11-23(30-10-8-18(3)12-24(30)31)26(34)28-22(14-25(32)33)20-13-21(16-27-15-20)29-9-6-5-7-19(29)4/h8,10,12-13,15-17,19,22-23H,5-7,9,11,14H2,1-4H3,(H,28,34)(H,32,33)/t19?,22-,23?/m1/s1. The zero-order valence-electron chi connectivity index (χ0n) is 20.5. The van der Waals surface area contributed by atoms with Crippen molar-refractivity contribution in [2.45, 2.75) is 77.9 Å². The Bertz CT molecular complexity index is 1060. The quantitative estimate of drug-likeness (QED) is 0.579. The maximum atomic E-state index is 13.4. The topological polar surface area (TPSA) is 105 Å². The van der Waals surface area contributed by atoms with Gasteiger partial charge >= 0.3 is 5.97 Å². The number of amides is 1. The number of hydrogen-bond donors (Lipinski definition) is 2. The second kappa shape index (κ2) is 11.3. The Hall–Kier alpha value is -3.16. The lowest BCUT2D eigenvalue weighted by Gasteiger charge is -2.35. The number of aromatic nitrogens is 2. The molecule has 0 radical (unpaired) electrons. The summed E-state index contributed by atoms with van der Waals surface area (Å²) in [6.45, 7) is 8.91. The van der Waals surface area contributed by atoms with E-state index in [0.29, 0.717) is 18.0 Å². The minimum absolute atomic E-state index is 0.160. The summed E-state index contributed by atoms with van der Waals surface area (Å²) in [7, 11) is 0. The Morgan fingerprint density at radius 2 is 2.00 bits per heavy atom. The van der Waals surface area contributed by atoms with Crippen molar-refractivity contribution in [3.05, 3.63) is 58.3 Å². The van der Waals surface area contributed by atoms with E-state index in [9.17, 15) is 19.5 Å². The molecule has 1 amide bonds. The maximum Gasteiger partial charge on any atom is 0.305 e. The number of rotatable bonds is 9. The number of aliphatic carboxylic acids is 1. The molecule has 0 aliphatic carbocycles. The number of nitrogens with one attached hydrogen (secondary N) is 1. The van der Waals surface area contributed by atoms with Gasteiger partial charge in [0.2, 0.25) is 5.91 Å². The number of carboxylic acid groups (broad SMARTS) is 1. The molecule has 1 fully saturated rings. The first-order valence-corrected chi connectivity index (χ1v) is 12.1. The Morgan fingerprint density at radius 1 is 1.24 bits per heavy atom. The van der Waals surface area contributed by atoms with E-state index in [4.69, 9.17) is 0 Å². The zero-order chi connectivity index (χ0) is 24.8. The average Bonchev–Trinajstić information content (AvgIpc) is 2.77. The molecule has 8 nitrogen and oxygen atoms in total. The smallest absolute Gasteiger partial charge is 0.305 e. The van der Waals surface area contributed by atoms with Crippen molar-refractivity contribution in [3.63, 3.8) is 0 Å². The van der Waals surface area contributed by atoms with Crippen LogP contribution in [0.3, 0.4) is 0 Å². The number of anilines is 1. The van der Waals surface area contributed by atoms with Gasteiger partial charge in [-0.3, -0.25) is 19.4 Å². The van der Waals surface area contributed by atoms with Crippen LogP contribution >= 0.6 is 0 Å². The van der Waals surface area contributed by atoms with Gasteiger partial charge in [0, 0.05) is 31.0 Å². The van der Waals surface area contributed by atoms with Crippen LogP contribution < -0.4 is 15.8 Å². The van der Waals surface area contributed by atoms with E-state index in [-0.39, 0.29) is 23.8 Å². The third-order valence-electron chi connectivity index (χ3n) is 6.41. The number of hydrogen-bond acceptors (Lipinski definition) is 5. The third kappa shape index (κ3) is 6.46. The molecule has 8 heteroatoms. The minimum Gasteiger partial charge on any atom is -0.481 e. The maximum absolute atomic E-state index is 13.4. The Labute approximate surface area is 201 Å². The number of nitrogens with zero attached hydrogens (tertiary/aromatic N) is 3. The van der Waals surface area contributed by atoms with Gasteiger partial charge in [0.1, 0.15) is 6.04 Å². The van der Waals surface area contributed by atoms with E-state index >= 15 is 0 Å². The highest BCUT2D eigenvalue weighted by molar-refractivity contribution is 5.81. The first-order chi connectivity index (χ1) is 16.2. The summed E-state index contributed by atoms with van der Waals surface area (Å²) in [5.74, 6) is -1.23. The second-order valence-electron chi connectivity index (χ2n) is 9.77. The largest absolute Gasteiger partial charge is 0.481 e. The minimum atomic E-state index is -1.02.